The van der Waals surface area contributed by atoms with Crippen molar-refractivity contribution < 1.29 is 4.74 Å². The summed E-state index contributed by atoms with van der Waals surface area (Å²) in [6.07, 6.45) is 8.30. The molecule has 0 bridgehead atoms. The Labute approximate surface area is 133 Å². The molecule has 120 valence electrons. The van der Waals surface area contributed by atoms with Crippen molar-refractivity contribution in [3.8, 4) is 0 Å². The van der Waals surface area contributed by atoms with Crippen molar-refractivity contribution in [3.05, 3.63) is 16.9 Å². The Morgan fingerprint density at radius 1 is 1.52 bits per heavy atom. The highest BCUT2D eigenvalue weighted by Gasteiger charge is 2.31. The van der Waals surface area contributed by atoms with E-state index in [0.29, 0.717) is 12.5 Å². The number of nitrogens with zero attached hydrogens (tertiary/aromatic N) is 2. The van der Waals surface area contributed by atoms with Crippen LogP contribution in [-0.2, 0) is 11.3 Å². The first-order chi connectivity index (χ1) is 10.2. The van der Waals surface area contributed by atoms with E-state index in [9.17, 15) is 0 Å². The fraction of sp³-hybridized carbons (Fsp3) is 0.812. The van der Waals surface area contributed by atoms with E-state index >= 15 is 0 Å². The number of hydrogen-bond donors (Lipinski definition) is 1. The molecule has 0 amide bonds. The number of hydrogen-bond acceptors (Lipinski definition) is 3. The van der Waals surface area contributed by atoms with Crippen LogP contribution in [0.25, 0.3) is 0 Å². The molecule has 2 rings (SSSR count). The Morgan fingerprint density at radius 3 is 3.00 bits per heavy atom. The van der Waals surface area contributed by atoms with Gasteiger partial charge in [0.1, 0.15) is 0 Å². The van der Waals surface area contributed by atoms with Gasteiger partial charge in [-0.2, -0.15) is 5.10 Å². The zero-order chi connectivity index (χ0) is 15.2. The van der Waals surface area contributed by atoms with Crippen LogP contribution in [0.1, 0.15) is 50.8 Å². The third-order valence-corrected chi connectivity index (χ3v) is 5.11. The Balaban J connectivity index is 2.18. The van der Waals surface area contributed by atoms with E-state index in [-0.39, 0.29) is 6.04 Å². The maximum atomic E-state index is 6.42. The van der Waals surface area contributed by atoms with Crippen LogP contribution in [0.4, 0.5) is 0 Å². The van der Waals surface area contributed by atoms with Gasteiger partial charge in [0, 0.05) is 7.11 Å². The second-order valence-corrected chi connectivity index (χ2v) is 6.47. The van der Waals surface area contributed by atoms with Crippen LogP contribution in [0.15, 0.2) is 6.20 Å². The van der Waals surface area contributed by atoms with Crippen molar-refractivity contribution in [1.29, 1.82) is 0 Å². The third kappa shape index (κ3) is 3.99. The third-order valence-electron chi connectivity index (χ3n) is 4.82. The minimum atomic E-state index is 0.284. The summed E-state index contributed by atoms with van der Waals surface area (Å²) in [5.74, 6) is 1.50. The lowest BCUT2D eigenvalue weighted by atomic mass is 9.76. The van der Waals surface area contributed by atoms with E-state index in [2.05, 4.69) is 17.3 Å². The number of ether oxygens (including phenoxy) is 1. The molecule has 3 unspecified atom stereocenters. The standard InChI is InChI=1S/C16H28ClN3O/c1-4-12-6-5-7-13(10-12)15(18-2)16-14(17)11-19-20(16)8-9-21-3/h11-13,15,18H,4-10H2,1-3H3. The van der Waals surface area contributed by atoms with Gasteiger partial charge in [0.05, 0.1) is 36.1 Å². The normalized spacial score (nSPS) is 24.2. The molecule has 0 radical (unpaired) electrons. The van der Waals surface area contributed by atoms with E-state index < -0.39 is 0 Å². The summed E-state index contributed by atoms with van der Waals surface area (Å²) < 4.78 is 7.18. The minimum Gasteiger partial charge on any atom is -0.383 e. The molecule has 1 N–H and O–H groups in total. The van der Waals surface area contributed by atoms with Gasteiger partial charge in [-0.15, -0.1) is 0 Å². The van der Waals surface area contributed by atoms with Crippen molar-refractivity contribution in [2.45, 2.75) is 51.6 Å². The summed E-state index contributed by atoms with van der Waals surface area (Å²) >= 11 is 6.42. The lowest BCUT2D eigenvalue weighted by Crippen LogP contribution is -2.31. The number of methoxy groups -OCH3 is 1. The van der Waals surface area contributed by atoms with E-state index in [1.54, 1.807) is 13.3 Å². The van der Waals surface area contributed by atoms with Gasteiger partial charge in [-0.3, -0.25) is 4.68 Å². The first-order valence-corrected chi connectivity index (χ1v) is 8.46. The Morgan fingerprint density at radius 2 is 2.33 bits per heavy atom. The van der Waals surface area contributed by atoms with Crippen LogP contribution in [0.2, 0.25) is 5.02 Å². The number of nitrogens with one attached hydrogen (secondary N) is 1. The van der Waals surface area contributed by atoms with Crippen LogP contribution < -0.4 is 5.32 Å². The maximum Gasteiger partial charge on any atom is 0.0834 e. The molecule has 4 nitrogen and oxygen atoms in total. The number of halogens is 1. The van der Waals surface area contributed by atoms with E-state index in [0.717, 1.165) is 23.2 Å². The van der Waals surface area contributed by atoms with Crippen LogP contribution in [-0.4, -0.2) is 30.5 Å². The molecule has 3 atom stereocenters. The monoisotopic (exact) mass is 313 g/mol. The molecule has 1 aliphatic carbocycles. The predicted molar refractivity (Wildman–Crippen MR) is 86.7 cm³/mol. The fourth-order valence-electron chi connectivity index (χ4n) is 3.64. The molecular weight excluding hydrogens is 286 g/mol. The predicted octanol–water partition coefficient (Wildman–Crippen LogP) is 3.66. The quantitative estimate of drug-likeness (QED) is 0.835. The summed E-state index contributed by atoms with van der Waals surface area (Å²) in [6, 6.07) is 0.284. The average molecular weight is 314 g/mol. The summed E-state index contributed by atoms with van der Waals surface area (Å²) in [7, 11) is 3.75. The average Bonchev–Trinajstić information content (AvgIpc) is 2.88. The number of aromatic nitrogens is 2. The van der Waals surface area contributed by atoms with Crippen molar-refractivity contribution in [1.82, 2.24) is 15.1 Å². The summed E-state index contributed by atoms with van der Waals surface area (Å²) in [4.78, 5) is 0. The van der Waals surface area contributed by atoms with Crippen LogP contribution in [0.3, 0.4) is 0 Å². The lowest BCUT2D eigenvalue weighted by Gasteiger charge is -2.34. The largest absolute Gasteiger partial charge is 0.383 e. The summed E-state index contributed by atoms with van der Waals surface area (Å²) in [5, 5.41) is 8.68. The molecule has 0 saturated heterocycles. The van der Waals surface area contributed by atoms with E-state index in [1.165, 1.54) is 32.1 Å². The molecule has 0 spiro atoms. The second kappa shape index (κ2) is 8.16. The molecule has 1 fully saturated rings. The van der Waals surface area contributed by atoms with Gasteiger partial charge in [0.2, 0.25) is 0 Å². The van der Waals surface area contributed by atoms with Gasteiger partial charge >= 0.3 is 0 Å². The van der Waals surface area contributed by atoms with Crippen LogP contribution in [0.5, 0.6) is 0 Å². The number of rotatable bonds is 7. The zero-order valence-corrected chi connectivity index (χ0v) is 14.2. The molecule has 21 heavy (non-hydrogen) atoms. The SMILES string of the molecule is CCC1CCCC(C(NC)c2c(Cl)cnn2CCOC)C1. The maximum absolute atomic E-state index is 6.42. The highest BCUT2D eigenvalue weighted by atomic mass is 35.5. The Hall–Kier alpha value is -0.580. The summed E-state index contributed by atoms with van der Waals surface area (Å²) in [6.45, 7) is 3.71. The highest BCUT2D eigenvalue weighted by Crippen LogP contribution is 2.40. The highest BCUT2D eigenvalue weighted by molar-refractivity contribution is 6.31. The fourth-order valence-corrected chi connectivity index (χ4v) is 3.90. The van der Waals surface area contributed by atoms with Gasteiger partial charge in [0.25, 0.3) is 0 Å². The molecule has 1 aromatic rings. The molecule has 1 aliphatic rings. The van der Waals surface area contributed by atoms with E-state index in [1.807, 2.05) is 11.7 Å². The molecular formula is C16H28ClN3O. The van der Waals surface area contributed by atoms with Gasteiger partial charge in [-0.25, -0.2) is 0 Å². The molecule has 0 aliphatic heterocycles. The van der Waals surface area contributed by atoms with Crippen molar-refractivity contribution >= 4 is 11.6 Å². The van der Waals surface area contributed by atoms with Gasteiger partial charge in [-0.1, -0.05) is 37.8 Å². The molecule has 1 heterocycles. The zero-order valence-electron chi connectivity index (χ0n) is 13.4. The molecule has 0 aromatic carbocycles. The first kappa shape index (κ1) is 16.8. The van der Waals surface area contributed by atoms with Gasteiger partial charge in [-0.05, 0) is 31.7 Å². The summed E-state index contributed by atoms with van der Waals surface area (Å²) in [5.41, 5.74) is 1.12. The minimum absolute atomic E-state index is 0.284. The van der Waals surface area contributed by atoms with Gasteiger partial charge < -0.3 is 10.1 Å². The lowest BCUT2D eigenvalue weighted by molar-refractivity contribution is 0.176. The van der Waals surface area contributed by atoms with Crippen molar-refractivity contribution in [2.24, 2.45) is 11.8 Å². The second-order valence-electron chi connectivity index (χ2n) is 6.06. The topological polar surface area (TPSA) is 39.1 Å². The van der Waals surface area contributed by atoms with Crippen molar-refractivity contribution in [2.75, 3.05) is 20.8 Å². The van der Waals surface area contributed by atoms with Crippen LogP contribution in [0, 0.1) is 11.8 Å². The Bertz CT molecular complexity index is 435. The smallest absolute Gasteiger partial charge is 0.0834 e. The van der Waals surface area contributed by atoms with Gasteiger partial charge in [0.15, 0.2) is 0 Å². The molecule has 5 heteroatoms. The molecule has 1 saturated carbocycles. The van der Waals surface area contributed by atoms with Crippen molar-refractivity contribution in [3.63, 3.8) is 0 Å². The first-order valence-electron chi connectivity index (χ1n) is 8.08. The Kier molecular flexibility index (Phi) is 6.52. The molecule has 1 aromatic heterocycles. The van der Waals surface area contributed by atoms with Crippen LogP contribution >= 0.6 is 11.6 Å². The van der Waals surface area contributed by atoms with E-state index in [4.69, 9.17) is 16.3 Å².